The molecule has 0 saturated carbocycles. The molecule has 0 aliphatic heterocycles. The molecule has 0 aromatic heterocycles. The minimum Gasteiger partial charge on any atom is -0.497 e. The van der Waals surface area contributed by atoms with Crippen molar-refractivity contribution in [3.05, 3.63) is 77.9 Å². The summed E-state index contributed by atoms with van der Waals surface area (Å²) in [7, 11) is 1.60. The lowest BCUT2D eigenvalue weighted by atomic mass is 10.0. The maximum Gasteiger partial charge on any atom is 0.339 e. The molecule has 0 heterocycles. The van der Waals surface area contributed by atoms with Gasteiger partial charge in [0.15, 0.2) is 6.10 Å². The highest BCUT2D eigenvalue weighted by Gasteiger charge is 2.20. The van der Waals surface area contributed by atoms with Crippen LogP contribution in [0.5, 0.6) is 5.75 Å². The van der Waals surface area contributed by atoms with Gasteiger partial charge >= 0.3 is 5.97 Å². The summed E-state index contributed by atoms with van der Waals surface area (Å²) in [5.41, 5.74) is 1.37. The van der Waals surface area contributed by atoms with Crippen molar-refractivity contribution >= 4 is 22.6 Å². The van der Waals surface area contributed by atoms with E-state index in [1.54, 1.807) is 26.2 Å². The number of carbonyl (C=O) groups is 2. The van der Waals surface area contributed by atoms with Crippen molar-refractivity contribution < 1.29 is 19.1 Å². The second kappa shape index (κ2) is 8.36. The number of rotatable bonds is 6. The van der Waals surface area contributed by atoms with Crippen LogP contribution >= 0.6 is 0 Å². The molecule has 5 heteroatoms. The van der Waals surface area contributed by atoms with Crippen molar-refractivity contribution in [2.45, 2.75) is 19.6 Å². The van der Waals surface area contributed by atoms with Gasteiger partial charge in [0.1, 0.15) is 5.75 Å². The molecule has 27 heavy (non-hydrogen) atoms. The SMILES string of the molecule is COc1ccc(CNC(=O)[C@H](C)OC(=O)c2cccc3ccccc23)cc1. The Kier molecular flexibility index (Phi) is 5.71. The van der Waals surface area contributed by atoms with Crippen LogP contribution in [0.25, 0.3) is 10.8 Å². The number of amides is 1. The largest absolute Gasteiger partial charge is 0.497 e. The Bertz CT molecular complexity index is 945. The first-order valence-electron chi connectivity index (χ1n) is 8.68. The van der Waals surface area contributed by atoms with Crippen molar-refractivity contribution in [1.82, 2.24) is 5.32 Å². The quantitative estimate of drug-likeness (QED) is 0.678. The Hall–Kier alpha value is -3.34. The van der Waals surface area contributed by atoms with Crippen LogP contribution in [-0.2, 0) is 16.1 Å². The Morgan fingerprint density at radius 1 is 0.963 bits per heavy atom. The highest BCUT2D eigenvalue weighted by molar-refractivity contribution is 6.05. The fraction of sp³-hybridized carbons (Fsp3) is 0.182. The van der Waals surface area contributed by atoms with E-state index < -0.39 is 12.1 Å². The number of hydrogen-bond acceptors (Lipinski definition) is 4. The van der Waals surface area contributed by atoms with E-state index >= 15 is 0 Å². The zero-order valence-corrected chi connectivity index (χ0v) is 15.3. The molecule has 1 atom stereocenters. The summed E-state index contributed by atoms with van der Waals surface area (Å²) >= 11 is 0. The first kappa shape index (κ1) is 18.5. The van der Waals surface area contributed by atoms with Crippen molar-refractivity contribution in [1.29, 1.82) is 0 Å². The van der Waals surface area contributed by atoms with Crippen molar-refractivity contribution in [3.63, 3.8) is 0 Å². The third-order valence-corrected chi connectivity index (χ3v) is 4.29. The third-order valence-electron chi connectivity index (χ3n) is 4.29. The fourth-order valence-corrected chi connectivity index (χ4v) is 2.76. The lowest BCUT2D eigenvalue weighted by Gasteiger charge is -2.14. The smallest absolute Gasteiger partial charge is 0.339 e. The number of hydrogen-bond donors (Lipinski definition) is 1. The molecular weight excluding hydrogens is 342 g/mol. The highest BCUT2D eigenvalue weighted by Crippen LogP contribution is 2.19. The Labute approximate surface area is 157 Å². The number of fused-ring (bicyclic) bond motifs is 1. The Morgan fingerprint density at radius 2 is 1.67 bits per heavy atom. The summed E-state index contributed by atoms with van der Waals surface area (Å²) in [5, 5.41) is 4.52. The van der Waals surface area contributed by atoms with Gasteiger partial charge in [-0.1, -0.05) is 48.5 Å². The van der Waals surface area contributed by atoms with Gasteiger partial charge in [-0.25, -0.2) is 4.79 Å². The number of carbonyl (C=O) groups excluding carboxylic acids is 2. The molecule has 3 aromatic carbocycles. The zero-order chi connectivity index (χ0) is 19.2. The first-order valence-corrected chi connectivity index (χ1v) is 8.68. The summed E-state index contributed by atoms with van der Waals surface area (Å²) in [6.07, 6.45) is -0.894. The topological polar surface area (TPSA) is 64.6 Å². The van der Waals surface area contributed by atoms with Crippen LogP contribution in [0.3, 0.4) is 0 Å². The van der Waals surface area contributed by atoms with Gasteiger partial charge in [0.25, 0.3) is 5.91 Å². The van der Waals surface area contributed by atoms with Crippen LogP contribution in [0.1, 0.15) is 22.8 Å². The standard InChI is InChI=1S/C22H21NO4/c1-15(21(24)23-14-16-10-12-18(26-2)13-11-16)27-22(25)20-9-5-7-17-6-3-4-8-19(17)20/h3-13,15H,14H2,1-2H3,(H,23,24)/t15-/m0/s1. The first-order chi connectivity index (χ1) is 13.1. The van der Waals surface area contributed by atoms with E-state index in [1.165, 1.54) is 0 Å². The molecule has 0 fully saturated rings. The van der Waals surface area contributed by atoms with E-state index in [-0.39, 0.29) is 5.91 Å². The molecule has 0 bridgehead atoms. The average Bonchev–Trinajstić information content (AvgIpc) is 2.71. The van der Waals surface area contributed by atoms with E-state index in [4.69, 9.17) is 9.47 Å². The summed E-state index contributed by atoms with van der Waals surface area (Å²) < 4.78 is 10.5. The molecule has 0 unspecified atom stereocenters. The molecule has 3 rings (SSSR count). The van der Waals surface area contributed by atoms with Crippen molar-refractivity contribution in [2.24, 2.45) is 0 Å². The number of esters is 1. The van der Waals surface area contributed by atoms with Gasteiger partial charge in [0, 0.05) is 6.54 Å². The van der Waals surface area contributed by atoms with Crippen LogP contribution < -0.4 is 10.1 Å². The predicted molar refractivity (Wildman–Crippen MR) is 104 cm³/mol. The lowest BCUT2D eigenvalue weighted by Crippen LogP contribution is -2.35. The zero-order valence-electron chi connectivity index (χ0n) is 15.3. The van der Waals surface area contributed by atoms with Crippen LogP contribution in [0.2, 0.25) is 0 Å². The van der Waals surface area contributed by atoms with Crippen LogP contribution in [0, 0.1) is 0 Å². The van der Waals surface area contributed by atoms with Gasteiger partial charge in [-0.05, 0) is 41.5 Å². The maximum atomic E-state index is 12.5. The Morgan fingerprint density at radius 3 is 2.41 bits per heavy atom. The summed E-state index contributed by atoms with van der Waals surface area (Å²) in [6.45, 7) is 1.91. The molecular formula is C22H21NO4. The lowest BCUT2D eigenvalue weighted by molar-refractivity contribution is -0.129. The Balaban J connectivity index is 1.60. The van der Waals surface area contributed by atoms with E-state index in [9.17, 15) is 9.59 Å². The number of ether oxygens (including phenoxy) is 2. The van der Waals surface area contributed by atoms with Crippen LogP contribution in [-0.4, -0.2) is 25.1 Å². The molecule has 0 saturated heterocycles. The minimum atomic E-state index is -0.894. The molecule has 0 aliphatic rings. The molecule has 3 aromatic rings. The summed E-state index contributed by atoms with van der Waals surface area (Å²) in [5.74, 6) is -0.110. The molecule has 1 amide bonds. The van der Waals surface area contributed by atoms with Crippen molar-refractivity contribution in [3.8, 4) is 5.75 Å². The summed E-state index contributed by atoms with van der Waals surface area (Å²) in [4.78, 5) is 24.8. The minimum absolute atomic E-state index is 0.346. The van der Waals surface area contributed by atoms with E-state index in [2.05, 4.69) is 5.32 Å². The second-order valence-electron chi connectivity index (χ2n) is 6.14. The molecule has 0 spiro atoms. The van der Waals surface area contributed by atoms with E-state index in [1.807, 2.05) is 54.6 Å². The third kappa shape index (κ3) is 4.44. The summed E-state index contributed by atoms with van der Waals surface area (Å²) in [6, 6.07) is 20.4. The molecule has 0 radical (unpaired) electrons. The number of nitrogens with one attached hydrogen (secondary N) is 1. The average molecular weight is 363 g/mol. The number of benzene rings is 3. The van der Waals surface area contributed by atoms with Gasteiger partial charge in [0.2, 0.25) is 0 Å². The maximum absolute atomic E-state index is 12.5. The van der Waals surface area contributed by atoms with Gasteiger partial charge in [-0.3, -0.25) is 4.79 Å². The van der Waals surface area contributed by atoms with Crippen LogP contribution in [0.15, 0.2) is 66.7 Å². The van der Waals surface area contributed by atoms with Crippen LogP contribution in [0.4, 0.5) is 0 Å². The normalized spacial score (nSPS) is 11.6. The van der Waals surface area contributed by atoms with Gasteiger partial charge in [-0.2, -0.15) is 0 Å². The molecule has 5 nitrogen and oxygen atoms in total. The number of methoxy groups -OCH3 is 1. The van der Waals surface area contributed by atoms with Gasteiger partial charge in [-0.15, -0.1) is 0 Å². The van der Waals surface area contributed by atoms with Crippen molar-refractivity contribution in [2.75, 3.05) is 7.11 Å². The van der Waals surface area contributed by atoms with Gasteiger partial charge < -0.3 is 14.8 Å². The fourth-order valence-electron chi connectivity index (χ4n) is 2.76. The van der Waals surface area contributed by atoms with Gasteiger partial charge in [0.05, 0.1) is 12.7 Å². The molecule has 1 N–H and O–H groups in total. The highest BCUT2D eigenvalue weighted by atomic mass is 16.5. The predicted octanol–water partition coefficient (Wildman–Crippen LogP) is 3.71. The molecule has 138 valence electrons. The molecule has 0 aliphatic carbocycles. The second-order valence-corrected chi connectivity index (χ2v) is 6.14. The van der Waals surface area contributed by atoms with E-state index in [0.717, 1.165) is 22.1 Å². The monoisotopic (exact) mass is 363 g/mol. The van der Waals surface area contributed by atoms with E-state index in [0.29, 0.717) is 12.1 Å².